The summed E-state index contributed by atoms with van der Waals surface area (Å²) >= 11 is 5.00. The first-order valence-electron chi connectivity index (χ1n) is 9.32. The van der Waals surface area contributed by atoms with Crippen LogP contribution in [-0.2, 0) is 17.6 Å². The Morgan fingerprint density at radius 1 is 1.30 bits per heavy atom. The van der Waals surface area contributed by atoms with E-state index in [1.165, 1.54) is 22.2 Å². The van der Waals surface area contributed by atoms with Crippen molar-refractivity contribution in [1.82, 2.24) is 20.2 Å². The lowest BCUT2D eigenvalue weighted by molar-refractivity contribution is 0.147. The lowest BCUT2D eigenvalue weighted by Crippen LogP contribution is -2.08. The maximum absolute atomic E-state index is 5.35. The highest BCUT2D eigenvalue weighted by atomic mass is 32.2. The highest BCUT2D eigenvalue weighted by molar-refractivity contribution is 8.01. The van der Waals surface area contributed by atoms with Gasteiger partial charge in [0.05, 0.1) is 0 Å². The van der Waals surface area contributed by atoms with Crippen LogP contribution < -0.4 is 5.32 Å². The first-order valence-corrected chi connectivity index (χ1v) is 11.8. The molecule has 144 valence electrons. The van der Waals surface area contributed by atoms with Crippen molar-refractivity contribution >= 4 is 49.8 Å². The minimum atomic E-state index is 0.758. The van der Waals surface area contributed by atoms with Crippen LogP contribution in [0.4, 0.5) is 5.13 Å². The zero-order chi connectivity index (χ0) is 18.6. The summed E-state index contributed by atoms with van der Waals surface area (Å²) in [5, 5.41) is 15.0. The van der Waals surface area contributed by atoms with Crippen LogP contribution in [0.15, 0.2) is 15.7 Å². The van der Waals surface area contributed by atoms with Gasteiger partial charge in [0.15, 0.2) is 4.34 Å². The summed E-state index contributed by atoms with van der Waals surface area (Å²) in [4.78, 5) is 11.7. The molecule has 1 atom stereocenters. The largest absolute Gasteiger partial charge is 0.382 e. The van der Waals surface area contributed by atoms with Crippen LogP contribution >= 0.6 is 34.4 Å². The first-order chi connectivity index (χ1) is 13.2. The van der Waals surface area contributed by atoms with Crippen molar-refractivity contribution in [2.45, 2.75) is 48.9 Å². The number of rotatable bonds is 8. The van der Waals surface area contributed by atoms with Crippen molar-refractivity contribution in [3.63, 3.8) is 0 Å². The van der Waals surface area contributed by atoms with Crippen LogP contribution in [0.1, 0.15) is 37.1 Å². The van der Waals surface area contributed by atoms with E-state index in [4.69, 9.17) is 4.74 Å². The molecule has 3 heterocycles. The van der Waals surface area contributed by atoms with Crippen molar-refractivity contribution in [2.24, 2.45) is 5.92 Å². The molecule has 1 N–H and O–H groups in total. The molecule has 0 spiro atoms. The molecule has 4 rings (SSSR count). The summed E-state index contributed by atoms with van der Waals surface area (Å²) in [6.45, 7) is 6.71. The molecule has 9 heteroatoms. The second kappa shape index (κ2) is 8.81. The van der Waals surface area contributed by atoms with Gasteiger partial charge in [-0.3, -0.25) is 0 Å². The number of ether oxygens (including phenoxy) is 1. The molecule has 1 aliphatic rings. The molecular formula is C18H23N5OS3. The smallest absolute Gasteiger partial charge is 0.206 e. The quantitative estimate of drug-likeness (QED) is 0.419. The number of nitrogens with zero attached hydrogens (tertiary/aromatic N) is 4. The predicted molar refractivity (Wildman–Crippen MR) is 112 cm³/mol. The van der Waals surface area contributed by atoms with Gasteiger partial charge in [-0.25, -0.2) is 9.97 Å². The highest BCUT2D eigenvalue weighted by Gasteiger charge is 2.23. The third-order valence-electron chi connectivity index (χ3n) is 4.59. The van der Waals surface area contributed by atoms with E-state index in [9.17, 15) is 0 Å². The molecule has 1 unspecified atom stereocenters. The summed E-state index contributed by atoms with van der Waals surface area (Å²) in [6, 6.07) is 0. The van der Waals surface area contributed by atoms with Gasteiger partial charge in [-0.05, 0) is 55.9 Å². The van der Waals surface area contributed by atoms with Gasteiger partial charge in [0.1, 0.15) is 16.2 Å². The van der Waals surface area contributed by atoms with E-state index in [0.717, 1.165) is 64.3 Å². The molecule has 3 aromatic rings. The molecule has 0 saturated heterocycles. The number of fused-ring (bicyclic) bond motifs is 3. The summed E-state index contributed by atoms with van der Waals surface area (Å²) in [6.07, 6.45) is 6.16. The van der Waals surface area contributed by atoms with Crippen molar-refractivity contribution in [2.75, 3.05) is 25.1 Å². The van der Waals surface area contributed by atoms with E-state index in [2.05, 4.69) is 32.4 Å². The van der Waals surface area contributed by atoms with Gasteiger partial charge in [-0.2, -0.15) is 0 Å². The standard InChI is InChI=1S/C18H23N5OS3/c1-3-24-8-4-7-19-17-22-23-18(27-17)26-16-14-12-6-5-11(2)9-13(12)25-15(14)20-10-21-16/h10-11H,3-9H2,1-2H3,(H,19,22). The monoisotopic (exact) mass is 421 g/mol. The number of hydrogen-bond donors (Lipinski definition) is 1. The molecule has 27 heavy (non-hydrogen) atoms. The van der Waals surface area contributed by atoms with Crippen molar-refractivity contribution in [1.29, 1.82) is 0 Å². The molecule has 0 aliphatic heterocycles. The van der Waals surface area contributed by atoms with Crippen LogP contribution in [-0.4, -0.2) is 39.9 Å². The topological polar surface area (TPSA) is 72.8 Å². The van der Waals surface area contributed by atoms with Gasteiger partial charge in [-0.15, -0.1) is 21.5 Å². The zero-order valence-electron chi connectivity index (χ0n) is 15.5. The fourth-order valence-corrected chi connectivity index (χ4v) is 6.47. The maximum Gasteiger partial charge on any atom is 0.206 e. The molecule has 1 aliphatic carbocycles. The number of anilines is 1. The number of hydrogen-bond acceptors (Lipinski definition) is 9. The van der Waals surface area contributed by atoms with Crippen LogP contribution in [0, 0.1) is 5.92 Å². The molecule has 0 fully saturated rings. The number of thiophene rings is 1. The Bertz CT molecular complexity index is 910. The average molecular weight is 422 g/mol. The summed E-state index contributed by atoms with van der Waals surface area (Å²) < 4.78 is 6.26. The Morgan fingerprint density at radius 3 is 3.11 bits per heavy atom. The molecule has 6 nitrogen and oxygen atoms in total. The lowest BCUT2D eigenvalue weighted by atomic mass is 9.89. The van der Waals surface area contributed by atoms with E-state index in [1.54, 1.807) is 29.4 Å². The molecular weight excluding hydrogens is 398 g/mol. The van der Waals surface area contributed by atoms with Crippen molar-refractivity contribution in [3.8, 4) is 0 Å². The van der Waals surface area contributed by atoms with Gasteiger partial charge in [-0.1, -0.05) is 18.3 Å². The lowest BCUT2D eigenvalue weighted by Gasteiger charge is -2.17. The van der Waals surface area contributed by atoms with Gasteiger partial charge < -0.3 is 10.1 Å². The third-order valence-corrected chi connectivity index (χ3v) is 7.69. The van der Waals surface area contributed by atoms with E-state index in [0.29, 0.717) is 0 Å². The molecule has 0 aromatic carbocycles. The fraction of sp³-hybridized carbons (Fsp3) is 0.556. The Hall–Kier alpha value is -1.29. The molecule has 0 saturated carbocycles. The highest BCUT2D eigenvalue weighted by Crippen LogP contribution is 2.42. The number of nitrogens with one attached hydrogen (secondary N) is 1. The third kappa shape index (κ3) is 4.42. The minimum absolute atomic E-state index is 0.758. The Balaban J connectivity index is 1.48. The summed E-state index contributed by atoms with van der Waals surface area (Å²) in [5.41, 5.74) is 1.45. The van der Waals surface area contributed by atoms with Gasteiger partial charge >= 0.3 is 0 Å². The average Bonchev–Trinajstić information content (AvgIpc) is 3.25. The second-order valence-corrected chi connectivity index (χ2v) is 9.96. The maximum atomic E-state index is 5.35. The minimum Gasteiger partial charge on any atom is -0.382 e. The van der Waals surface area contributed by atoms with Crippen molar-refractivity contribution < 1.29 is 4.74 Å². The van der Waals surface area contributed by atoms with E-state index in [-0.39, 0.29) is 0 Å². The predicted octanol–water partition coefficient (Wildman–Crippen LogP) is 4.66. The molecule has 0 bridgehead atoms. The Labute approximate surface area is 171 Å². The Morgan fingerprint density at radius 2 is 2.22 bits per heavy atom. The van der Waals surface area contributed by atoms with Gasteiger partial charge in [0, 0.05) is 30.0 Å². The number of aryl methyl sites for hydroxylation is 1. The normalized spacial score (nSPS) is 16.6. The van der Waals surface area contributed by atoms with E-state index >= 15 is 0 Å². The van der Waals surface area contributed by atoms with Crippen molar-refractivity contribution in [3.05, 3.63) is 16.8 Å². The first kappa shape index (κ1) is 19.0. The second-order valence-electron chi connectivity index (χ2n) is 6.66. The Kier molecular flexibility index (Phi) is 6.21. The van der Waals surface area contributed by atoms with E-state index in [1.807, 2.05) is 18.3 Å². The van der Waals surface area contributed by atoms with Gasteiger partial charge in [0.2, 0.25) is 5.13 Å². The van der Waals surface area contributed by atoms with E-state index < -0.39 is 0 Å². The molecule has 0 radical (unpaired) electrons. The van der Waals surface area contributed by atoms with Crippen LogP contribution in [0.5, 0.6) is 0 Å². The summed E-state index contributed by atoms with van der Waals surface area (Å²) in [7, 11) is 0. The molecule has 0 amide bonds. The van der Waals surface area contributed by atoms with Gasteiger partial charge in [0.25, 0.3) is 0 Å². The van der Waals surface area contributed by atoms with Crippen LogP contribution in [0.3, 0.4) is 0 Å². The SMILES string of the molecule is CCOCCCNc1nnc(Sc2ncnc3sc4c(c23)CCC(C)C4)s1. The van der Waals surface area contributed by atoms with Crippen LogP contribution in [0.25, 0.3) is 10.2 Å². The summed E-state index contributed by atoms with van der Waals surface area (Å²) in [5.74, 6) is 0.758. The van der Waals surface area contributed by atoms with Crippen LogP contribution in [0.2, 0.25) is 0 Å². The zero-order valence-corrected chi connectivity index (χ0v) is 18.0. The molecule has 3 aromatic heterocycles. The fourth-order valence-electron chi connectivity index (χ4n) is 3.24. The number of aromatic nitrogens is 4.